The van der Waals surface area contributed by atoms with Crippen molar-refractivity contribution in [2.24, 2.45) is 0 Å². The van der Waals surface area contributed by atoms with Crippen LogP contribution in [-0.2, 0) is 30.7 Å². The minimum absolute atomic E-state index is 0.181. The average Bonchev–Trinajstić information content (AvgIpc) is 3.15. The van der Waals surface area contributed by atoms with Gasteiger partial charge in [-0.3, -0.25) is 4.79 Å². The van der Waals surface area contributed by atoms with Crippen LogP contribution in [0.3, 0.4) is 0 Å². The molecule has 2 aliphatic rings. The molecule has 0 aromatic carbocycles. The molecule has 2 heterocycles. The normalized spacial score (nSPS) is 18.2. The third-order valence-electron chi connectivity index (χ3n) is 3.89. The highest BCUT2D eigenvalue weighted by molar-refractivity contribution is 5.76. The van der Waals surface area contributed by atoms with E-state index in [2.05, 4.69) is 27.1 Å². The lowest BCUT2D eigenvalue weighted by Crippen LogP contribution is -2.28. The van der Waals surface area contributed by atoms with Crippen LogP contribution < -0.4 is 10.6 Å². The second-order valence-corrected chi connectivity index (χ2v) is 5.45. The summed E-state index contributed by atoms with van der Waals surface area (Å²) in [5, 5.41) is 6.40. The third-order valence-corrected chi connectivity index (χ3v) is 3.89. The average molecular weight is 262 g/mol. The smallest absolute Gasteiger partial charge is 0.222 e. The van der Waals surface area contributed by atoms with Gasteiger partial charge in [0.2, 0.25) is 5.91 Å². The number of aryl methyl sites for hydroxylation is 1. The fourth-order valence-electron chi connectivity index (χ4n) is 2.70. The quantitative estimate of drug-likeness (QED) is 0.823. The van der Waals surface area contributed by atoms with Crippen molar-refractivity contribution >= 4 is 5.91 Å². The first-order valence-corrected chi connectivity index (χ1v) is 7.35. The SMILES string of the molecule is CCc1nc2c(n1CCC(=O)NC1CC1)CCNC2. The number of rotatable bonds is 5. The summed E-state index contributed by atoms with van der Waals surface area (Å²) in [6.07, 6.45) is 4.82. The standard InChI is InChI=1S/C14H22N4O/c1-2-13-17-11-9-15-7-5-12(11)18(13)8-6-14(19)16-10-3-4-10/h10,15H,2-9H2,1H3,(H,16,19). The summed E-state index contributed by atoms with van der Waals surface area (Å²) in [6.45, 7) is 4.77. The maximum absolute atomic E-state index is 11.8. The molecule has 1 aromatic rings. The molecule has 1 saturated carbocycles. The highest BCUT2D eigenvalue weighted by atomic mass is 16.1. The maximum atomic E-state index is 11.8. The van der Waals surface area contributed by atoms with Gasteiger partial charge in [0, 0.05) is 50.6 Å². The van der Waals surface area contributed by atoms with E-state index in [1.807, 2.05) is 0 Å². The Morgan fingerprint density at radius 1 is 1.53 bits per heavy atom. The van der Waals surface area contributed by atoms with Crippen LogP contribution in [0, 0.1) is 0 Å². The van der Waals surface area contributed by atoms with Gasteiger partial charge in [-0.05, 0) is 12.8 Å². The van der Waals surface area contributed by atoms with Gasteiger partial charge in [0.25, 0.3) is 0 Å². The minimum Gasteiger partial charge on any atom is -0.353 e. The molecule has 0 atom stereocenters. The Kier molecular flexibility index (Phi) is 3.55. The molecule has 1 fully saturated rings. The van der Waals surface area contributed by atoms with E-state index in [4.69, 9.17) is 0 Å². The number of nitrogens with zero attached hydrogens (tertiary/aromatic N) is 2. The molecule has 5 heteroatoms. The van der Waals surface area contributed by atoms with Gasteiger partial charge in [-0.2, -0.15) is 0 Å². The van der Waals surface area contributed by atoms with E-state index in [-0.39, 0.29) is 5.91 Å². The molecule has 104 valence electrons. The predicted octanol–water partition coefficient (Wildman–Crippen LogP) is 0.760. The number of hydrogen-bond acceptors (Lipinski definition) is 3. The summed E-state index contributed by atoms with van der Waals surface area (Å²) in [5.41, 5.74) is 2.50. The summed E-state index contributed by atoms with van der Waals surface area (Å²) in [4.78, 5) is 16.5. The van der Waals surface area contributed by atoms with Gasteiger partial charge in [-0.25, -0.2) is 4.98 Å². The summed E-state index contributed by atoms with van der Waals surface area (Å²) >= 11 is 0. The number of hydrogen-bond donors (Lipinski definition) is 2. The van der Waals surface area contributed by atoms with E-state index in [9.17, 15) is 4.79 Å². The number of aromatic nitrogens is 2. The van der Waals surface area contributed by atoms with Crippen LogP contribution in [0.1, 0.15) is 43.4 Å². The first-order valence-electron chi connectivity index (χ1n) is 7.35. The van der Waals surface area contributed by atoms with Gasteiger partial charge in [0.05, 0.1) is 5.69 Å². The Labute approximate surface area is 113 Å². The van der Waals surface area contributed by atoms with E-state index in [1.165, 1.54) is 11.4 Å². The van der Waals surface area contributed by atoms with Crippen LogP contribution in [0.25, 0.3) is 0 Å². The Bertz CT molecular complexity index is 476. The lowest BCUT2D eigenvalue weighted by atomic mass is 10.2. The molecule has 1 amide bonds. The lowest BCUT2D eigenvalue weighted by molar-refractivity contribution is -0.121. The van der Waals surface area contributed by atoms with Crippen molar-refractivity contribution in [3.8, 4) is 0 Å². The van der Waals surface area contributed by atoms with Crippen molar-refractivity contribution in [3.63, 3.8) is 0 Å². The zero-order valence-electron chi connectivity index (χ0n) is 11.5. The number of nitrogens with one attached hydrogen (secondary N) is 2. The number of imidazole rings is 1. The summed E-state index contributed by atoms with van der Waals surface area (Å²) in [7, 11) is 0. The molecule has 0 unspecified atom stereocenters. The third kappa shape index (κ3) is 2.81. The molecule has 0 spiro atoms. The first-order chi connectivity index (χ1) is 9.28. The Morgan fingerprint density at radius 2 is 2.37 bits per heavy atom. The molecular formula is C14H22N4O. The molecule has 5 nitrogen and oxygen atoms in total. The first kappa shape index (κ1) is 12.7. The summed E-state index contributed by atoms with van der Waals surface area (Å²) < 4.78 is 2.27. The van der Waals surface area contributed by atoms with Gasteiger partial charge in [0.15, 0.2) is 0 Å². The van der Waals surface area contributed by atoms with Crippen LogP contribution >= 0.6 is 0 Å². The molecule has 19 heavy (non-hydrogen) atoms. The molecular weight excluding hydrogens is 240 g/mol. The molecule has 1 aliphatic heterocycles. The van der Waals surface area contributed by atoms with Gasteiger partial charge in [-0.15, -0.1) is 0 Å². The van der Waals surface area contributed by atoms with Crippen molar-refractivity contribution in [1.29, 1.82) is 0 Å². The topological polar surface area (TPSA) is 59.0 Å². The second kappa shape index (κ2) is 5.33. The summed E-state index contributed by atoms with van der Waals surface area (Å²) in [6, 6.07) is 0.457. The minimum atomic E-state index is 0.181. The number of carbonyl (C=O) groups excluding carboxylic acids is 1. The van der Waals surface area contributed by atoms with Crippen LogP contribution in [-0.4, -0.2) is 28.0 Å². The second-order valence-electron chi connectivity index (χ2n) is 5.45. The number of amides is 1. The van der Waals surface area contributed by atoms with Crippen LogP contribution in [0.4, 0.5) is 0 Å². The molecule has 3 rings (SSSR count). The van der Waals surface area contributed by atoms with Gasteiger partial charge >= 0.3 is 0 Å². The van der Waals surface area contributed by atoms with Gasteiger partial charge in [0.1, 0.15) is 5.82 Å². The monoisotopic (exact) mass is 262 g/mol. The highest BCUT2D eigenvalue weighted by Crippen LogP contribution is 2.19. The summed E-state index contributed by atoms with van der Waals surface area (Å²) in [5.74, 6) is 1.30. The van der Waals surface area contributed by atoms with Crippen LogP contribution in [0.2, 0.25) is 0 Å². The number of fused-ring (bicyclic) bond motifs is 1. The van der Waals surface area contributed by atoms with Crippen molar-refractivity contribution in [2.75, 3.05) is 6.54 Å². The van der Waals surface area contributed by atoms with Gasteiger partial charge in [-0.1, -0.05) is 6.92 Å². The van der Waals surface area contributed by atoms with Crippen molar-refractivity contribution in [2.45, 2.75) is 58.2 Å². The molecule has 0 bridgehead atoms. The van der Waals surface area contributed by atoms with E-state index >= 15 is 0 Å². The number of carbonyl (C=O) groups is 1. The fraction of sp³-hybridized carbons (Fsp3) is 0.714. The zero-order valence-corrected chi connectivity index (χ0v) is 11.5. The van der Waals surface area contributed by atoms with Gasteiger partial charge < -0.3 is 15.2 Å². The maximum Gasteiger partial charge on any atom is 0.222 e. The molecule has 0 radical (unpaired) electrons. The zero-order chi connectivity index (χ0) is 13.2. The predicted molar refractivity (Wildman–Crippen MR) is 72.8 cm³/mol. The Balaban J connectivity index is 1.68. The van der Waals surface area contributed by atoms with E-state index < -0.39 is 0 Å². The van der Waals surface area contributed by atoms with E-state index in [0.717, 1.165) is 51.1 Å². The van der Waals surface area contributed by atoms with Crippen molar-refractivity contribution < 1.29 is 4.79 Å². The largest absolute Gasteiger partial charge is 0.353 e. The lowest BCUT2D eigenvalue weighted by Gasteiger charge is -2.16. The molecule has 2 N–H and O–H groups in total. The molecule has 1 aliphatic carbocycles. The van der Waals surface area contributed by atoms with Crippen LogP contribution in [0.15, 0.2) is 0 Å². The van der Waals surface area contributed by atoms with Crippen molar-refractivity contribution in [3.05, 3.63) is 17.2 Å². The molecule has 0 saturated heterocycles. The Hall–Kier alpha value is -1.36. The highest BCUT2D eigenvalue weighted by Gasteiger charge is 2.24. The Morgan fingerprint density at radius 3 is 3.11 bits per heavy atom. The van der Waals surface area contributed by atoms with Crippen molar-refractivity contribution in [1.82, 2.24) is 20.2 Å². The van der Waals surface area contributed by atoms with E-state index in [0.29, 0.717) is 12.5 Å². The molecule has 1 aromatic heterocycles. The van der Waals surface area contributed by atoms with E-state index in [1.54, 1.807) is 0 Å². The fourth-order valence-corrected chi connectivity index (χ4v) is 2.70. The van der Waals surface area contributed by atoms with Crippen LogP contribution in [0.5, 0.6) is 0 Å².